The van der Waals surface area contributed by atoms with Gasteiger partial charge in [-0.2, -0.15) is 0 Å². The lowest BCUT2D eigenvalue weighted by molar-refractivity contribution is -0.145. The average Bonchev–Trinajstić information content (AvgIpc) is 3.21. The molecule has 3 aromatic rings. The Morgan fingerprint density at radius 3 is 2.48 bits per heavy atom. The van der Waals surface area contributed by atoms with Crippen LogP contribution in [-0.4, -0.2) is 22.0 Å². The van der Waals surface area contributed by atoms with Crippen molar-refractivity contribution in [2.24, 2.45) is 5.41 Å². The monoisotopic (exact) mass is 444 g/mol. The van der Waals surface area contributed by atoms with E-state index in [2.05, 4.69) is 26.2 Å². The molecule has 2 aromatic carbocycles. The number of para-hydroxylation sites is 1. The lowest BCUT2D eigenvalue weighted by Gasteiger charge is -2.25. The summed E-state index contributed by atoms with van der Waals surface area (Å²) in [4.78, 5) is 29.0. The standard InChI is InChI=1S/C20H17BrN2O3S/c21-14-6-3-7-15-18(14)23-16(27-15)11-22-19(26)20(10-17(24)25)8-12-4-1-2-5-13(12)9-20/h1-7H,8-11H2,(H,22,26)(H,24,25). The third-order valence-electron chi connectivity index (χ3n) is 4.96. The number of benzene rings is 2. The van der Waals surface area contributed by atoms with Crippen LogP contribution in [0.1, 0.15) is 22.6 Å². The van der Waals surface area contributed by atoms with Gasteiger partial charge in [-0.25, -0.2) is 4.98 Å². The summed E-state index contributed by atoms with van der Waals surface area (Å²) in [6, 6.07) is 13.7. The highest BCUT2D eigenvalue weighted by Crippen LogP contribution is 2.40. The molecule has 4 rings (SSSR count). The Morgan fingerprint density at radius 2 is 1.85 bits per heavy atom. The predicted octanol–water partition coefficient (Wildman–Crippen LogP) is 3.93. The van der Waals surface area contributed by atoms with Crippen molar-refractivity contribution >= 4 is 49.4 Å². The summed E-state index contributed by atoms with van der Waals surface area (Å²) in [6.45, 7) is 0.294. The molecule has 5 nitrogen and oxygen atoms in total. The number of carbonyl (C=O) groups is 2. The number of amides is 1. The fraction of sp³-hybridized carbons (Fsp3) is 0.250. The predicted molar refractivity (Wildman–Crippen MR) is 108 cm³/mol. The second kappa shape index (κ2) is 7.05. The first-order valence-electron chi connectivity index (χ1n) is 8.58. The van der Waals surface area contributed by atoms with Gasteiger partial charge < -0.3 is 10.4 Å². The van der Waals surface area contributed by atoms with Gasteiger partial charge in [0.1, 0.15) is 5.01 Å². The van der Waals surface area contributed by atoms with Crippen molar-refractivity contribution in [3.05, 3.63) is 63.1 Å². The maximum absolute atomic E-state index is 13.0. The molecule has 0 saturated heterocycles. The van der Waals surface area contributed by atoms with Crippen LogP contribution in [0.3, 0.4) is 0 Å². The Balaban J connectivity index is 1.54. The van der Waals surface area contributed by atoms with Crippen LogP contribution in [0.4, 0.5) is 0 Å². The van der Waals surface area contributed by atoms with Gasteiger partial charge in [0.05, 0.1) is 28.6 Å². The Morgan fingerprint density at radius 1 is 1.15 bits per heavy atom. The highest BCUT2D eigenvalue weighted by Gasteiger charge is 2.45. The zero-order chi connectivity index (χ0) is 19.0. The number of hydrogen-bond donors (Lipinski definition) is 2. The van der Waals surface area contributed by atoms with Crippen molar-refractivity contribution in [3.63, 3.8) is 0 Å². The third kappa shape index (κ3) is 3.49. The smallest absolute Gasteiger partial charge is 0.304 e. The molecule has 138 valence electrons. The summed E-state index contributed by atoms with van der Waals surface area (Å²) in [5.41, 5.74) is 2.04. The number of rotatable bonds is 5. The summed E-state index contributed by atoms with van der Waals surface area (Å²) in [5.74, 6) is -1.18. The Hall–Kier alpha value is -2.25. The zero-order valence-electron chi connectivity index (χ0n) is 14.4. The number of carboxylic acid groups (broad SMARTS) is 1. The number of aromatic nitrogens is 1. The molecule has 0 fully saturated rings. The lowest BCUT2D eigenvalue weighted by Crippen LogP contribution is -2.43. The van der Waals surface area contributed by atoms with E-state index in [4.69, 9.17) is 0 Å². The van der Waals surface area contributed by atoms with E-state index in [0.29, 0.717) is 19.4 Å². The van der Waals surface area contributed by atoms with Crippen LogP contribution >= 0.6 is 27.3 Å². The van der Waals surface area contributed by atoms with Gasteiger partial charge in [0, 0.05) is 4.47 Å². The number of hydrogen-bond acceptors (Lipinski definition) is 4. The van der Waals surface area contributed by atoms with Crippen molar-refractivity contribution in [3.8, 4) is 0 Å². The van der Waals surface area contributed by atoms with Crippen molar-refractivity contribution in [1.29, 1.82) is 0 Å². The van der Waals surface area contributed by atoms with E-state index >= 15 is 0 Å². The first-order chi connectivity index (χ1) is 13.0. The number of aliphatic carboxylic acids is 1. The summed E-state index contributed by atoms with van der Waals surface area (Å²) in [7, 11) is 0. The SMILES string of the molecule is O=C(O)CC1(C(=O)NCc2nc3c(Br)cccc3s2)Cc2ccccc2C1. The quantitative estimate of drug-likeness (QED) is 0.624. The lowest BCUT2D eigenvalue weighted by atomic mass is 9.80. The molecule has 0 unspecified atom stereocenters. The van der Waals surface area contributed by atoms with Crippen LogP contribution in [0.15, 0.2) is 46.9 Å². The molecule has 2 N–H and O–H groups in total. The molecule has 0 saturated carbocycles. The molecule has 1 aliphatic carbocycles. The number of fused-ring (bicyclic) bond motifs is 2. The van der Waals surface area contributed by atoms with Crippen LogP contribution in [0.5, 0.6) is 0 Å². The molecule has 27 heavy (non-hydrogen) atoms. The molecule has 0 aliphatic heterocycles. The molecule has 1 heterocycles. The maximum atomic E-state index is 13.0. The van der Waals surface area contributed by atoms with Gasteiger partial charge in [-0.3, -0.25) is 9.59 Å². The van der Waals surface area contributed by atoms with Crippen LogP contribution in [0.2, 0.25) is 0 Å². The molecule has 1 aromatic heterocycles. The molecule has 1 aliphatic rings. The van der Waals surface area contributed by atoms with Crippen molar-refractivity contribution in [2.45, 2.75) is 25.8 Å². The van der Waals surface area contributed by atoms with Crippen LogP contribution < -0.4 is 5.32 Å². The van der Waals surface area contributed by atoms with Crippen molar-refractivity contribution in [2.75, 3.05) is 0 Å². The molecule has 0 atom stereocenters. The largest absolute Gasteiger partial charge is 0.481 e. The second-order valence-electron chi connectivity index (χ2n) is 6.85. The van der Waals surface area contributed by atoms with E-state index < -0.39 is 11.4 Å². The number of halogens is 1. The minimum absolute atomic E-state index is 0.182. The normalized spacial score (nSPS) is 14.9. The molecule has 0 radical (unpaired) electrons. The zero-order valence-corrected chi connectivity index (χ0v) is 16.8. The summed E-state index contributed by atoms with van der Waals surface area (Å²) >= 11 is 5.01. The van der Waals surface area contributed by atoms with E-state index in [1.165, 1.54) is 11.3 Å². The minimum atomic E-state index is -0.957. The number of carboxylic acids is 1. The van der Waals surface area contributed by atoms with Gasteiger partial charge in [-0.05, 0) is 52.0 Å². The highest BCUT2D eigenvalue weighted by molar-refractivity contribution is 9.10. The Bertz CT molecular complexity index is 1020. The Kier molecular flexibility index (Phi) is 4.74. The van der Waals surface area contributed by atoms with Crippen LogP contribution in [-0.2, 0) is 29.0 Å². The number of nitrogens with one attached hydrogen (secondary N) is 1. The average molecular weight is 445 g/mol. The van der Waals surface area contributed by atoms with Crippen molar-refractivity contribution < 1.29 is 14.7 Å². The fourth-order valence-electron chi connectivity index (χ4n) is 3.73. The molecule has 1 amide bonds. The van der Waals surface area contributed by atoms with Gasteiger partial charge in [-0.1, -0.05) is 30.3 Å². The number of carbonyl (C=O) groups excluding carboxylic acids is 1. The summed E-state index contributed by atoms with van der Waals surface area (Å²) in [6.07, 6.45) is 0.721. The van der Waals surface area contributed by atoms with E-state index in [9.17, 15) is 14.7 Å². The molecule has 0 bridgehead atoms. The summed E-state index contributed by atoms with van der Waals surface area (Å²) < 4.78 is 1.96. The third-order valence-corrected chi connectivity index (χ3v) is 6.62. The first-order valence-corrected chi connectivity index (χ1v) is 10.2. The van der Waals surface area contributed by atoms with Gasteiger partial charge in [0.15, 0.2) is 0 Å². The summed E-state index contributed by atoms with van der Waals surface area (Å²) in [5, 5.41) is 13.1. The van der Waals surface area contributed by atoms with E-state index in [0.717, 1.165) is 30.8 Å². The van der Waals surface area contributed by atoms with E-state index in [1.54, 1.807) is 0 Å². The molecular weight excluding hydrogens is 428 g/mol. The van der Waals surface area contributed by atoms with E-state index in [1.807, 2.05) is 42.5 Å². The van der Waals surface area contributed by atoms with Gasteiger partial charge in [-0.15, -0.1) is 11.3 Å². The molecule has 0 spiro atoms. The van der Waals surface area contributed by atoms with Crippen LogP contribution in [0.25, 0.3) is 10.2 Å². The maximum Gasteiger partial charge on any atom is 0.304 e. The van der Waals surface area contributed by atoms with Gasteiger partial charge in [0.25, 0.3) is 0 Å². The fourth-order valence-corrected chi connectivity index (χ4v) is 5.25. The molecular formula is C20H17BrN2O3S. The van der Waals surface area contributed by atoms with Gasteiger partial charge in [0.2, 0.25) is 5.91 Å². The van der Waals surface area contributed by atoms with Crippen LogP contribution in [0, 0.1) is 5.41 Å². The first kappa shape index (κ1) is 18.1. The van der Waals surface area contributed by atoms with Gasteiger partial charge >= 0.3 is 5.97 Å². The van der Waals surface area contributed by atoms with E-state index in [-0.39, 0.29) is 12.3 Å². The number of nitrogens with zero attached hydrogens (tertiary/aromatic N) is 1. The number of thiazole rings is 1. The van der Waals surface area contributed by atoms with Crippen molar-refractivity contribution in [1.82, 2.24) is 10.3 Å². The second-order valence-corrected chi connectivity index (χ2v) is 8.82. The molecule has 7 heteroatoms. The topological polar surface area (TPSA) is 79.3 Å². The highest BCUT2D eigenvalue weighted by atomic mass is 79.9. The minimum Gasteiger partial charge on any atom is -0.481 e. The Labute approximate surface area is 168 Å².